The fraction of sp³-hybridized carbons (Fsp3) is 0.304. The summed E-state index contributed by atoms with van der Waals surface area (Å²) in [4.78, 5) is 50.0. The molecule has 0 spiro atoms. The average Bonchev–Trinajstić information content (AvgIpc) is 3.11. The van der Waals surface area contributed by atoms with Crippen LogP contribution in [0.5, 0.6) is 0 Å². The molecule has 166 valence electrons. The van der Waals surface area contributed by atoms with Gasteiger partial charge in [-0.15, -0.1) is 0 Å². The summed E-state index contributed by atoms with van der Waals surface area (Å²) in [6, 6.07) is 6.17. The van der Waals surface area contributed by atoms with Crippen molar-refractivity contribution < 1.29 is 30.7 Å². The molecule has 32 heavy (non-hydrogen) atoms. The largest absolute Gasteiger partial charge is 0.330 e. The lowest BCUT2D eigenvalue weighted by molar-refractivity contribution is -0.144. The number of carbonyl (C=O) groups excluding carboxylic acids is 4. The van der Waals surface area contributed by atoms with E-state index in [0.717, 1.165) is 12.1 Å². The van der Waals surface area contributed by atoms with Gasteiger partial charge in [-0.05, 0) is 42.1 Å². The number of hydrogen-bond acceptors (Lipinski definition) is 4. The van der Waals surface area contributed by atoms with Crippen molar-refractivity contribution in [1.82, 2.24) is 10.2 Å². The number of hydrogen-bond donors (Lipinski definition) is 1. The van der Waals surface area contributed by atoms with Crippen LogP contribution in [-0.2, 0) is 33.2 Å². The molecule has 1 N–H and O–H groups in total. The molecule has 2 aromatic carbocycles. The maximum absolute atomic E-state index is 14.6. The van der Waals surface area contributed by atoms with Crippen molar-refractivity contribution >= 4 is 35.1 Å². The molecule has 0 aromatic heterocycles. The molecule has 2 heterocycles. The number of carbonyl (C=O) groups is 4. The number of halogens is 3. The van der Waals surface area contributed by atoms with Crippen LogP contribution in [0.25, 0.3) is 0 Å². The molecule has 1 saturated heterocycles. The number of Topliss-reactive ketones (excluding diaryl/α,β-unsaturated/α-hetero) is 1. The van der Waals surface area contributed by atoms with E-state index in [1.54, 1.807) is 0 Å². The molecule has 3 amide bonds. The van der Waals surface area contributed by atoms with Crippen molar-refractivity contribution in [3.63, 3.8) is 0 Å². The summed E-state index contributed by atoms with van der Waals surface area (Å²) in [7, 11) is 0. The highest BCUT2D eigenvalue weighted by molar-refractivity contribution is 6.30. The molecule has 1 fully saturated rings. The molecule has 0 bridgehead atoms. The molecule has 4 rings (SSSR count). The van der Waals surface area contributed by atoms with E-state index in [-0.39, 0.29) is 47.1 Å². The van der Waals surface area contributed by atoms with E-state index in [9.17, 15) is 28.0 Å². The highest BCUT2D eigenvalue weighted by atomic mass is 35.5. The monoisotopic (exact) mass is 462 g/mol. The summed E-state index contributed by atoms with van der Waals surface area (Å²) in [5.74, 6) is -6.82. The molecule has 0 radical (unpaired) electrons. The molecular weight excluding hydrogens is 442 g/mol. The van der Waals surface area contributed by atoms with E-state index in [1.807, 2.05) is 0 Å². The van der Waals surface area contributed by atoms with Gasteiger partial charge in [0, 0.05) is 36.9 Å². The Balaban J connectivity index is 1.53. The fourth-order valence-corrected chi connectivity index (χ4v) is 3.91. The van der Waals surface area contributed by atoms with E-state index < -0.39 is 53.9 Å². The van der Waals surface area contributed by atoms with Gasteiger partial charge in [-0.1, -0.05) is 35.8 Å². The zero-order chi connectivity index (χ0) is 24.8. The average molecular weight is 463 g/mol. The van der Waals surface area contributed by atoms with Gasteiger partial charge in [-0.2, -0.15) is 8.78 Å². The van der Waals surface area contributed by atoms with Crippen molar-refractivity contribution in [2.45, 2.75) is 44.2 Å². The van der Waals surface area contributed by atoms with Crippen LogP contribution in [0.2, 0.25) is 5.02 Å². The zero-order valence-corrected chi connectivity index (χ0v) is 17.4. The Kier molecular flexibility index (Phi) is 5.15. The van der Waals surface area contributed by atoms with Crippen LogP contribution in [0, 0.1) is 0 Å². The second-order valence-electron chi connectivity index (χ2n) is 7.62. The van der Waals surface area contributed by atoms with Gasteiger partial charge in [0.1, 0.15) is 6.04 Å². The standard InChI is InChI=1S/C23H19ClF2N2O4/c24-16-5-3-15(4-6-16)23(25,26)19(29)9-2-13-1-7-17-14(11-13)12-28(22(17)32)18-8-10-20(30)27-21(18)31/h1,3-7,11,18H,2,8-10,12H2,(H,27,30,31)/i2D,11D. The molecule has 2 aliphatic heterocycles. The minimum absolute atomic E-state index is 0.0249. The molecular formula is C23H19ClF2N2O4. The minimum atomic E-state index is -3.83. The molecule has 2 atom stereocenters. The van der Waals surface area contributed by atoms with Gasteiger partial charge < -0.3 is 4.90 Å². The van der Waals surface area contributed by atoms with Crippen molar-refractivity contribution in [3.8, 4) is 0 Å². The smallest absolute Gasteiger partial charge is 0.322 e. The number of rotatable bonds is 6. The van der Waals surface area contributed by atoms with Crippen LogP contribution in [0.4, 0.5) is 8.78 Å². The highest BCUT2D eigenvalue weighted by Gasteiger charge is 2.41. The first kappa shape index (κ1) is 19.5. The quantitative estimate of drug-likeness (QED) is 0.667. The Morgan fingerprint density at radius 1 is 1.22 bits per heavy atom. The maximum Gasteiger partial charge on any atom is 0.330 e. The number of imide groups is 1. The first-order valence-corrected chi connectivity index (χ1v) is 10.2. The number of fused-ring (bicyclic) bond motifs is 1. The number of nitrogens with one attached hydrogen (secondary N) is 1. The Morgan fingerprint density at radius 3 is 2.62 bits per heavy atom. The Bertz CT molecular complexity index is 1210. The maximum atomic E-state index is 14.6. The van der Waals surface area contributed by atoms with Crippen molar-refractivity contribution in [2.75, 3.05) is 0 Å². The number of ketones is 1. The zero-order valence-electron chi connectivity index (χ0n) is 18.7. The number of benzene rings is 2. The van der Waals surface area contributed by atoms with Crippen molar-refractivity contribution in [2.24, 2.45) is 0 Å². The van der Waals surface area contributed by atoms with Gasteiger partial charge in [0.25, 0.3) is 5.91 Å². The Labute approximate surface area is 190 Å². The van der Waals surface area contributed by atoms with E-state index in [1.165, 1.54) is 29.2 Å². The summed E-state index contributed by atoms with van der Waals surface area (Å²) in [5.41, 5.74) is -0.0959. The third-order valence-electron chi connectivity index (χ3n) is 5.52. The summed E-state index contributed by atoms with van der Waals surface area (Å²) < 4.78 is 46.0. The van der Waals surface area contributed by atoms with Gasteiger partial charge in [0.05, 0.1) is 1.37 Å². The molecule has 2 aromatic rings. The lowest BCUT2D eigenvalue weighted by Crippen LogP contribution is -2.52. The topological polar surface area (TPSA) is 83.6 Å². The number of nitrogens with zero attached hydrogens (tertiary/aromatic N) is 1. The number of aryl methyl sites for hydroxylation is 1. The molecule has 2 unspecified atom stereocenters. The van der Waals surface area contributed by atoms with Crippen LogP contribution in [0.1, 0.15) is 49.1 Å². The van der Waals surface area contributed by atoms with Crippen molar-refractivity contribution in [3.05, 3.63) is 69.7 Å². The van der Waals surface area contributed by atoms with Crippen LogP contribution in [-0.4, -0.2) is 34.4 Å². The predicted molar refractivity (Wildman–Crippen MR) is 111 cm³/mol. The first-order chi connectivity index (χ1) is 16.0. The minimum Gasteiger partial charge on any atom is -0.322 e. The molecule has 2 aliphatic rings. The van der Waals surface area contributed by atoms with E-state index >= 15 is 0 Å². The third kappa shape index (κ3) is 4.14. The molecule has 0 saturated carbocycles. The van der Waals surface area contributed by atoms with Gasteiger partial charge in [0.2, 0.25) is 17.6 Å². The van der Waals surface area contributed by atoms with E-state index in [0.29, 0.717) is 0 Å². The normalized spacial score (nSPS) is 20.4. The van der Waals surface area contributed by atoms with Crippen LogP contribution < -0.4 is 5.32 Å². The SMILES string of the molecule is [2H]c1c(C([2H])CC(=O)C(F)(F)c2ccc(Cl)cc2)ccc2c1CN(C1CCC(=O)NC1=O)C2=O. The second-order valence-corrected chi connectivity index (χ2v) is 8.06. The van der Waals surface area contributed by atoms with Gasteiger partial charge in [-0.25, -0.2) is 0 Å². The van der Waals surface area contributed by atoms with Crippen molar-refractivity contribution in [1.29, 1.82) is 0 Å². The van der Waals surface area contributed by atoms with Gasteiger partial charge in [-0.3, -0.25) is 24.5 Å². The summed E-state index contributed by atoms with van der Waals surface area (Å²) in [6.45, 7) is -0.0886. The fourth-order valence-electron chi connectivity index (χ4n) is 3.78. The lowest BCUT2D eigenvalue weighted by Gasteiger charge is -2.29. The number of amides is 3. The number of alkyl halides is 2. The third-order valence-corrected chi connectivity index (χ3v) is 5.77. The molecule has 6 nitrogen and oxygen atoms in total. The number of piperidine rings is 1. The van der Waals surface area contributed by atoms with Crippen LogP contribution >= 0.6 is 11.6 Å². The van der Waals surface area contributed by atoms with Crippen LogP contribution in [0.15, 0.2) is 42.4 Å². The molecule has 9 heteroatoms. The first-order valence-electron chi connectivity index (χ1n) is 10.9. The predicted octanol–water partition coefficient (Wildman–Crippen LogP) is 3.39. The Morgan fingerprint density at radius 2 is 1.94 bits per heavy atom. The summed E-state index contributed by atoms with van der Waals surface area (Å²) in [6.07, 6.45) is -2.07. The highest BCUT2D eigenvalue weighted by Crippen LogP contribution is 2.32. The second kappa shape index (κ2) is 8.43. The van der Waals surface area contributed by atoms with E-state index in [4.69, 9.17) is 14.3 Å². The van der Waals surface area contributed by atoms with Gasteiger partial charge >= 0.3 is 5.92 Å². The summed E-state index contributed by atoms with van der Waals surface area (Å²) in [5, 5.41) is 2.42. The molecule has 0 aliphatic carbocycles. The Hall–Kier alpha value is -3.13. The van der Waals surface area contributed by atoms with Gasteiger partial charge in [0.15, 0.2) is 0 Å². The van der Waals surface area contributed by atoms with E-state index in [2.05, 4.69) is 5.32 Å². The summed E-state index contributed by atoms with van der Waals surface area (Å²) >= 11 is 5.71. The van der Waals surface area contributed by atoms with Crippen LogP contribution in [0.3, 0.4) is 0 Å². The lowest BCUT2D eigenvalue weighted by atomic mass is 9.97.